The number of likely N-dealkylation sites (tertiary alicyclic amines) is 1. The molecule has 0 aliphatic carbocycles. The van der Waals surface area contributed by atoms with Crippen LogP contribution in [0.1, 0.15) is 21.1 Å². The summed E-state index contributed by atoms with van der Waals surface area (Å²) in [6.07, 6.45) is 1.26. The predicted octanol–water partition coefficient (Wildman–Crippen LogP) is 3.51. The average Bonchev–Trinajstić information content (AvgIpc) is 3.38. The minimum absolute atomic E-state index is 0.0184. The van der Waals surface area contributed by atoms with Crippen LogP contribution in [0.25, 0.3) is 5.69 Å². The molecule has 5 rings (SSSR count). The summed E-state index contributed by atoms with van der Waals surface area (Å²) in [6.45, 7) is 2.34. The first-order valence-electron chi connectivity index (χ1n) is 10.9. The maximum Gasteiger partial charge on any atom is 0.350 e. The third-order valence-electron chi connectivity index (χ3n) is 5.68. The number of carbonyl (C=O) groups excluding carboxylic acids is 1. The van der Waals surface area contributed by atoms with E-state index in [-0.39, 0.29) is 39.9 Å². The second-order valence-electron chi connectivity index (χ2n) is 8.19. The molecule has 3 heterocycles. The molecule has 9 nitrogen and oxygen atoms in total. The van der Waals surface area contributed by atoms with Crippen LogP contribution < -0.4 is 10.4 Å². The highest BCUT2D eigenvalue weighted by Gasteiger charge is 2.33. The Balaban J connectivity index is 1.32. The zero-order chi connectivity index (χ0) is 25.4. The molecule has 0 saturated carbocycles. The zero-order valence-electron chi connectivity index (χ0n) is 18.9. The maximum absolute atomic E-state index is 14.9. The fourth-order valence-corrected chi connectivity index (χ4v) is 4.56. The lowest BCUT2D eigenvalue weighted by Gasteiger charge is -2.34. The lowest BCUT2D eigenvalue weighted by molar-refractivity contribution is 0.0576. The summed E-state index contributed by atoms with van der Waals surface area (Å²) < 4.78 is 36.7. The monoisotopic (exact) mass is 508 g/mol. The second-order valence-corrected chi connectivity index (χ2v) is 9.15. The van der Waals surface area contributed by atoms with E-state index in [0.29, 0.717) is 24.3 Å². The van der Waals surface area contributed by atoms with Crippen LogP contribution in [-0.2, 0) is 6.54 Å². The minimum atomic E-state index is -0.747. The molecule has 0 atom stereocenters. The SMILES string of the molecule is Cc1nc(C(=O)N2CC(C#N)C2)sc1Oc1ccc(-n2ncn(Cc3ccccc3F)c2=O)cc1F. The fraction of sp³-hybridized carbons (Fsp3) is 0.208. The summed E-state index contributed by atoms with van der Waals surface area (Å²) in [5.41, 5.74) is 0.356. The van der Waals surface area contributed by atoms with E-state index in [1.54, 1.807) is 25.1 Å². The summed E-state index contributed by atoms with van der Waals surface area (Å²) in [5.74, 6) is -1.77. The third-order valence-corrected chi connectivity index (χ3v) is 6.71. The highest BCUT2D eigenvalue weighted by atomic mass is 32.1. The lowest BCUT2D eigenvalue weighted by Crippen LogP contribution is -2.49. The Morgan fingerprint density at radius 1 is 1.22 bits per heavy atom. The van der Waals surface area contributed by atoms with Gasteiger partial charge in [0.1, 0.15) is 12.1 Å². The number of benzene rings is 2. The van der Waals surface area contributed by atoms with Gasteiger partial charge >= 0.3 is 5.69 Å². The van der Waals surface area contributed by atoms with Gasteiger partial charge in [-0.3, -0.25) is 9.36 Å². The van der Waals surface area contributed by atoms with Crippen molar-refractivity contribution in [3.8, 4) is 22.6 Å². The van der Waals surface area contributed by atoms with Crippen molar-refractivity contribution in [2.75, 3.05) is 13.1 Å². The molecule has 1 amide bonds. The van der Waals surface area contributed by atoms with Crippen LogP contribution >= 0.6 is 11.3 Å². The van der Waals surface area contributed by atoms with Gasteiger partial charge in [0, 0.05) is 24.7 Å². The first kappa shape index (κ1) is 23.4. The molecule has 0 radical (unpaired) electrons. The molecule has 0 N–H and O–H groups in total. The molecule has 2 aromatic carbocycles. The molecule has 182 valence electrons. The van der Waals surface area contributed by atoms with Crippen molar-refractivity contribution in [1.82, 2.24) is 24.2 Å². The van der Waals surface area contributed by atoms with Crippen LogP contribution in [0.4, 0.5) is 8.78 Å². The topological polar surface area (TPSA) is 106 Å². The summed E-state index contributed by atoms with van der Waals surface area (Å²) in [7, 11) is 0. The molecule has 1 aliphatic heterocycles. The Morgan fingerprint density at radius 2 is 2.00 bits per heavy atom. The molecule has 1 saturated heterocycles. The third kappa shape index (κ3) is 4.36. The van der Waals surface area contributed by atoms with Crippen molar-refractivity contribution in [2.24, 2.45) is 5.92 Å². The zero-order valence-corrected chi connectivity index (χ0v) is 19.7. The number of nitriles is 1. The number of hydrogen-bond donors (Lipinski definition) is 0. The van der Waals surface area contributed by atoms with Gasteiger partial charge in [-0.25, -0.2) is 18.6 Å². The molecule has 2 aromatic heterocycles. The van der Waals surface area contributed by atoms with Gasteiger partial charge in [-0.1, -0.05) is 29.5 Å². The number of aryl methyl sites for hydroxylation is 1. The summed E-state index contributed by atoms with van der Waals surface area (Å²) in [6, 6.07) is 12.1. The van der Waals surface area contributed by atoms with Crippen molar-refractivity contribution in [3.63, 3.8) is 0 Å². The summed E-state index contributed by atoms with van der Waals surface area (Å²) in [5, 5.41) is 13.3. The van der Waals surface area contributed by atoms with Gasteiger partial charge in [0.05, 0.1) is 29.9 Å². The number of halogens is 2. The quantitative estimate of drug-likeness (QED) is 0.395. The van der Waals surface area contributed by atoms with Gasteiger partial charge in [-0.15, -0.1) is 0 Å². The fourth-order valence-electron chi connectivity index (χ4n) is 3.66. The standard InChI is InChI=1S/C24H18F2N6O3S/c1-14-23(36-21(29-14)22(33)30-10-15(9-27)11-30)35-20-7-6-17(8-19(20)26)32-24(34)31(13-28-32)12-16-4-2-3-5-18(16)25/h2-8,13,15H,10-12H2,1H3. The van der Waals surface area contributed by atoms with Crippen LogP contribution in [-0.4, -0.2) is 43.2 Å². The van der Waals surface area contributed by atoms with Gasteiger partial charge < -0.3 is 9.64 Å². The number of hydrogen-bond acceptors (Lipinski definition) is 7. The Kier molecular flexibility index (Phi) is 6.07. The van der Waals surface area contributed by atoms with E-state index >= 15 is 0 Å². The molecule has 0 spiro atoms. The Labute approximate surface area is 207 Å². The van der Waals surface area contributed by atoms with Crippen LogP contribution in [0.5, 0.6) is 10.8 Å². The van der Waals surface area contributed by atoms with Crippen molar-refractivity contribution in [3.05, 3.63) is 87.2 Å². The Hall–Kier alpha value is -4.37. The molecular formula is C24H18F2N6O3S. The summed E-state index contributed by atoms with van der Waals surface area (Å²) in [4.78, 5) is 31.0. The van der Waals surface area contributed by atoms with Gasteiger partial charge in [0.2, 0.25) is 5.06 Å². The molecule has 4 aromatic rings. The first-order valence-corrected chi connectivity index (χ1v) is 11.7. The molecular weight excluding hydrogens is 490 g/mol. The molecule has 12 heteroatoms. The summed E-state index contributed by atoms with van der Waals surface area (Å²) >= 11 is 0.990. The normalized spacial score (nSPS) is 13.3. The van der Waals surface area contributed by atoms with E-state index < -0.39 is 17.3 Å². The molecule has 0 bridgehead atoms. The highest BCUT2D eigenvalue weighted by Crippen LogP contribution is 2.34. The number of nitrogens with zero attached hydrogens (tertiary/aromatic N) is 6. The number of aromatic nitrogens is 4. The van der Waals surface area contributed by atoms with Gasteiger partial charge in [0.25, 0.3) is 5.91 Å². The van der Waals surface area contributed by atoms with E-state index in [1.165, 1.54) is 34.0 Å². The van der Waals surface area contributed by atoms with Crippen LogP contribution in [0, 0.1) is 35.8 Å². The Morgan fingerprint density at radius 3 is 2.72 bits per heavy atom. The second kappa shape index (κ2) is 9.35. The Bertz CT molecular complexity index is 1560. The smallest absolute Gasteiger partial charge is 0.350 e. The first-order chi connectivity index (χ1) is 17.3. The van der Waals surface area contributed by atoms with E-state index in [4.69, 9.17) is 10.00 Å². The number of amides is 1. The number of carbonyl (C=O) groups is 1. The van der Waals surface area contributed by atoms with E-state index in [9.17, 15) is 18.4 Å². The van der Waals surface area contributed by atoms with E-state index in [0.717, 1.165) is 22.1 Å². The van der Waals surface area contributed by atoms with Crippen LogP contribution in [0.15, 0.2) is 53.6 Å². The van der Waals surface area contributed by atoms with Gasteiger partial charge in [-0.05, 0) is 25.1 Å². The van der Waals surface area contributed by atoms with Crippen LogP contribution in [0.2, 0.25) is 0 Å². The molecule has 0 unspecified atom stereocenters. The van der Waals surface area contributed by atoms with Crippen molar-refractivity contribution >= 4 is 17.2 Å². The van der Waals surface area contributed by atoms with E-state index in [1.807, 2.05) is 0 Å². The largest absolute Gasteiger partial charge is 0.442 e. The number of rotatable bonds is 6. The van der Waals surface area contributed by atoms with Gasteiger partial charge in [-0.2, -0.15) is 15.0 Å². The molecule has 1 fully saturated rings. The van der Waals surface area contributed by atoms with Crippen LogP contribution in [0.3, 0.4) is 0 Å². The van der Waals surface area contributed by atoms with Gasteiger partial charge in [0.15, 0.2) is 16.6 Å². The lowest BCUT2D eigenvalue weighted by atomic mass is 10.0. The van der Waals surface area contributed by atoms with E-state index in [2.05, 4.69) is 16.2 Å². The average molecular weight is 509 g/mol. The van der Waals surface area contributed by atoms with Crippen molar-refractivity contribution in [1.29, 1.82) is 5.26 Å². The minimum Gasteiger partial charge on any atom is -0.442 e. The maximum atomic E-state index is 14.9. The number of thiazole rings is 1. The number of ether oxygens (including phenoxy) is 1. The van der Waals surface area contributed by atoms with Crippen molar-refractivity contribution < 1.29 is 18.3 Å². The van der Waals surface area contributed by atoms with Crippen molar-refractivity contribution in [2.45, 2.75) is 13.5 Å². The predicted molar refractivity (Wildman–Crippen MR) is 125 cm³/mol. The molecule has 36 heavy (non-hydrogen) atoms. The highest BCUT2D eigenvalue weighted by molar-refractivity contribution is 7.15. The molecule has 1 aliphatic rings.